The molecule has 0 bridgehead atoms. The van der Waals surface area contributed by atoms with E-state index in [1.165, 1.54) is 12.8 Å². The summed E-state index contributed by atoms with van der Waals surface area (Å²) in [5.74, 6) is 1.22. The van der Waals surface area contributed by atoms with Crippen LogP contribution in [0.25, 0.3) is 10.8 Å². The lowest BCUT2D eigenvalue weighted by molar-refractivity contribution is 0.325. The van der Waals surface area contributed by atoms with Gasteiger partial charge in [-0.05, 0) is 54.9 Å². The van der Waals surface area contributed by atoms with Gasteiger partial charge in [-0.1, -0.05) is 12.1 Å². The maximum absolute atomic E-state index is 10.2. The number of ether oxygens (including phenoxy) is 1. The molecule has 0 spiro atoms. The van der Waals surface area contributed by atoms with Crippen LogP contribution in [0.2, 0.25) is 0 Å². The maximum atomic E-state index is 10.2. The van der Waals surface area contributed by atoms with E-state index in [1.54, 1.807) is 13.2 Å². The van der Waals surface area contributed by atoms with Gasteiger partial charge in [-0.15, -0.1) is 0 Å². The lowest BCUT2D eigenvalue weighted by Gasteiger charge is -2.17. The van der Waals surface area contributed by atoms with Crippen molar-refractivity contribution < 1.29 is 9.84 Å². The largest absolute Gasteiger partial charge is 0.508 e. The van der Waals surface area contributed by atoms with Crippen LogP contribution in [-0.2, 0) is 6.54 Å². The third-order valence-corrected chi connectivity index (χ3v) is 3.90. The molecule has 3 nitrogen and oxygen atoms in total. The van der Waals surface area contributed by atoms with E-state index in [-0.39, 0.29) is 0 Å². The Morgan fingerprint density at radius 2 is 1.89 bits per heavy atom. The van der Waals surface area contributed by atoms with Crippen LogP contribution < -0.4 is 4.74 Å². The predicted octanol–water partition coefficient (Wildman–Crippen LogP) is 3.15. The number of fused-ring (bicyclic) bond motifs is 1. The van der Waals surface area contributed by atoms with Crippen LogP contribution in [0.5, 0.6) is 11.5 Å². The third-order valence-electron chi connectivity index (χ3n) is 3.90. The molecule has 3 heteroatoms. The van der Waals surface area contributed by atoms with Crippen LogP contribution in [0.4, 0.5) is 0 Å². The lowest BCUT2D eigenvalue weighted by atomic mass is 10.0. The van der Waals surface area contributed by atoms with Gasteiger partial charge in [0.2, 0.25) is 0 Å². The molecule has 2 aromatic carbocycles. The minimum absolute atomic E-state index is 0.382. The van der Waals surface area contributed by atoms with E-state index in [9.17, 15) is 5.11 Å². The Kier molecular flexibility index (Phi) is 3.30. The molecule has 1 heterocycles. The summed E-state index contributed by atoms with van der Waals surface area (Å²) in [6.07, 6.45) is 2.52. The molecule has 1 N–H and O–H groups in total. The number of benzene rings is 2. The van der Waals surface area contributed by atoms with Crippen LogP contribution in [0.15, 0.2) is 30.3 Å². The smallest absolute Gasteiger partial charge is 0.120 e. The first kappa shape index (κ1) is 12.3. The molecule has 0 radical (unpaired) electrons. The van der Waals surface area contributed by atoms with Crippen LogP contribution in [0.3, 0.4) is 0 Å². The number of hydrogen-bond donors (Lipinski definition) is 1. The van der Waals surface area contributed by atoms with Gasteiger partial charge in [-0.3, -0.25) is 4.90 Å². The lowest BCUT2D eigenvalue weighted by Crippen LogP contribution is -2.18. The SMILES string of the molecule is COc1ccc2ccc(O)c(CN3CCCC3)c2c1. The molecule has 3 rings (SSSR count). The summed E-state index contributed by atoms with van der Waals surface area (Å²) in [4.78, 5) is 2.40. The zero-order valence-corrected chi connectivity index (χ0v) is 11.2. The molecular formula is C16H19NO2. The monoisotopic (exact) mass is 257 g/mol. The number of hydrogen-bond acceptors (Lipinski definition) is 3. The molecule has 1 aliphatic rings. The molecule has 1 fully saturated rings. The molecule has 0 aliphatic carbocycles. The van der Waals surface area contributed by atoms with E-state index in [0.717, 1.165) is 41.7 Å². The number of nitrogens with zero attached hydrogens (tertiary/aromatic N) is 1. The van der Waals surface area contributed by atoms with Crippen molar-refractivity contribution >= 4 is 10.8 Å². The van der Waals surface area contributed by atoms with Gasteiger partial charge in [0.1, 0.15) is 11.5 Å². The highest BCUT2D eigenvalue weighted by atomic mass is 16.5. The quantitative estimate of drug-likeness (QED) is 0.916. The van der Waals surface area contributed by atoms with Gasteiger partial charge in [0.25, 0.3) is 0 Å². The second-order valence-electron chi connectivity index (χ2n) is 5.13. The van der Waals surface area contributed by atoms with Crippen molar-refractivity contribution in [2.75, 3.05) is 20.2 Å². The Hall–Kier alpha value is -1.74. The number of phenolic OH excluding ortho intramolecular Hbond substituents is 1. The first-order chi connectivity index (χ1) is 9.28. The fraction of sp³-hybridized carbons (Fsp3) is 0.375. The van der Waals surface area contributed by atoms with Crippen molar-refractivity contribution in [2.45, 2.75) is 19.4 Å². The van der Waals surface area contributed by atoms with E-state index < -0.39 is 0 Å². The predicted molar refractivity (Wildman–Crippen MR) is 76.7 cm³/mol. The minimum atomic E-state index is 0.382. The van der Waals surface area contributed by atoms with Crippen molar-refractivity contribution in [2.24, 2.45) is 0 Å². The van der Waals surface area contributed by atoms with Crippen molar-refractivity contribution in [3.05, 3.63) is 35.9 Å². The topological polar surface area (TPSA) is 32.7 Å². The second kappa shape index (κ2) is 5.10. The minimum Gasteiger partial charge on any atom is -0.508 e. The molecule has 100 valence electrons. The highest BCUT2D eigenvalue weighted by Crippen LogP contribution is 2.31. The summed E-state index contributed by atoms with van der Waals surface area (Å²) in [5, 5.41) is 12.4. The van der Waals surface area contributed by atoms with Crippen LogP contribution in [0, 0.1) is 0 Å². The van der Waals surface area contributed by atoms with E-state index in [1.807, 2.05) is 24.3 Å². The summed E-state index contributed by atoms with van der Waals surface area (Å²) in [7, 11) is 1.67. The molecule has 0 aromatic heterocycles. The van der Waals surface area contributed by atoms with Gasteiger partial charge in [0, 0.05) is 12.1 Å². The average molecular weight is 257 g/mol. The fourth-order valence-corrected chi connectivity index (χ4v) is 2.81. The number of phenols is 1. The molecule has 1 saturated heterocycles. The van der Waals surface area contributed by atoms with E-state index in [4.69, 9.17) is 4.74 Å². The first-order valence-electron chi connectivity index (χ1n) is 6.79. The molecule has 0 unspecified atom stereocenters. The van der Waals surface area contributed by atoms with Gasteiger partial charge < -0.3 is 9.84 Å². The van der Waals surface area contributed by atoms with Gasteiger partial charge in [-0.2, -0.15) is 0 Å². The molecule has 19 heavy (non-hydrogen) atoms. The van der Waals surface area contributed by atoms with E-state index in [0.29, 0.717) is 5.75 Å². The molecule has 1 aliphatic heterocycles. The standard InChI is InChI=1S/C16H19NO2/c1-19-13-6-4-12-5-7-16(18)15(14(12)10-13)11-17-8-2-3-9-17/h4-7,10,18H,2-3,8-9,11H2,1H3. The highest BCUT2D eigenvalue weighted by Gasteiger charge is 2.16. The second-order valence-corrected chi connectivity index (χ2v) is 5.13. The van der Waals surface area contributed by atoms with E-state index in [2.05, 4.69) is 4.90 Å². The van der Waals surface area contributed by atoms with Crippen molar-refractivity contribution in [3.63, 3.8) is 0 Å². The molecule has 2 aromatic rings. The zero-order chi connectivity index (χ0) is 13.2. The molecule has 0 saturated carbocycles. The van der Waals surface area contributed by atoms with Gasteiger partial charge in [-0.25, -0.2) is 0 Å². The number of methoxy groups -OCH3 is 1. The maximum Gasteiger partial charge on any atom is 0.120 e. The molecule has 0 amide bonds. The Bertz CT molecular complexity index is 589. The zero-order valence-electron chi connectivity index (χ0n) is 11.2. The van der Waals surface area contributed by atoms with Gasteiger partial charge in [0.15, 0.2) is 0 Å². The summed E-state index contributed by atoms with van der Waals surface area (Å²) in [6, 6.07) is 9.76. The Morgan fingerprint density at radius 1 is 1.16 bits per heavy atom. The van der Waals surface area contributed by atoms with Crippen molar-refractivity contribution in [1.82, 2.24) is 4.90 Å². The Balaban J connectivity index is 2.06. The van der Waals surface area contributed by atoms with Crippen LogP contribution >= 0.6 is 0 Å². The summed E-state index contributed by atoms with van der Waals surface area (Å²) in [5.41, 5.74) is 1.01. The molecule has 0 atom stereocenters. The van der Waals surface area contributed by atoms with Crippen LogP contribution in [0.1, 0.15) is 18.4 Å². The molecular weight excluding hydrogens is 238 g/mol. The summed E-state index contributed by atoms with van der Waals surface area (Å²) >= 11 is 0. The first-order valence-corrected chi connectivity index (χ1v) is 6.79. The summed E-state index contributed by atoms with van der Waals surface area (Å²) in [6.45, 7) is 3.07. The number of rotatable bonds is 3. The number of aromatic hydroxyl groups is 1. The third kappa shape index (κ3) is 2.38. The van der Waals surface area contributed by atoms with E-state index >= 15 is 0 Å². The highest BCUT2D eigenvalue weighted by molar-refractivity contribution is 5.88. The van der Waals surface area contributed by atoms with Crippen molar-refractivity contribution in [3.8, 4) is 11.5 Å². The van der Waals surface area contributed by atoms with Crippen molar-refractivity contribution in [1.29, 1.82) is 0 Å². The average Bonchev–Trinajstić information content (AvgIpc) is 2.94. The normalized spacial score (nSPS) is 16.1. The van der Waals surface area contributed by atoms with Gasteiger partial charge in [0.05, 0.1) is 7.11 Å². The Morgan fingerprint density at radius 3 is 2.63 bits per heavy atom. The Labute approximate surface area is 113 Å². The fourth-order valence-electron chi connectivity index (χ4n) is 2.81. The van der Waals surface area contributed by atoms with Crippen LogP contribution in [-0.4, -0.2) is 30.2 Å². The van der Waals surface area contributed by atoms with Gasteiger partial charge >= 0.3 is 0 Å². The summed E-state index contributed by atoms with van der Waals surface area (Å²) < 4.78 is 5.29. The number of likely N-dealkylation sites (tertiary alicyclic amines) is 1.